The third kappa shape index (κ3) is 5.82. The minimum Gasteiger partial charge on any atom is -0.457 e. The number of amides is 3. The largest absolute Gasteiger partial charge is 0.457 e. The molecule has 3 heterocycles. The van der Waals surface area contributed by atoms with Gasteiger partial charge in [-0.25, -0.2) is 14.8 Å². The van der Waals surface area contributed by atoms with E-state index in [0.717, 1.165) is 16.5 Å². The topological polar surface area (TPSA) is 136 Å². The van der Waals surface area contributed by atoms with Crippen LogP contribution >= 0.6 is 0 Å². The molecule has 11 heteroatoms. The zero-order chi connectivity index (χ0) is 27.4. The van der Waals surface area contributed by atoms with Crippen LogP contribution in [-0.4, -0.2) is 43.7 Å². The molecule has 5 aromatic rings. The normalized spacial score (nSPS) is 10.9. The number of ether oxygens (including phenoxy) is 1. The molecule has 0 radical (unpaired) electrons. The van der Waals surface area contributed by atoms with E-state index in [1.807, 2.05) is 38.2 Å². The van der Waals surface area contributed by atoms with Crippen molar-refractivity contribution in [3.05, 3.63) is 85.2 Å². The van der Waals surface area contributed by atoms with Gasteiger partial charge in [-0.2, -0.15) is 5.10 Å². The van der Waals surface area contributed by atoms with Gasteiger partial charge in [-0.1, -0.05) is 6.07 Å². The van der Waals surface area contributed by atoms with Crippen molar-refractivity contribution in [1.29, 1.82) is 0 Å². The van der Waals surface area contributed by atoms with E-state index >= 15 is 0 Å². The number of nitrogens with zero attached hydrogens (tertiary/aromatic N) is 5. The smallest absolute Gasteiger partial charge is 0.323 e. The Labute approximate surface area is 224 Å². The maximum absolute atomic E-state index is 12.9. The number of fused-ring (bicyclic) bond motifs is 1. The average Bonchev–Trinajstić information content (AvgIpc) is 3.37. The first-order valence-corrected chi connectivity index (χ1v) is 12.2. The van der Waals surface area contributed by atoms with Gasteiger partial charge in [0.1, 0.15) is 29.2 Å². The summed E-state index contributed by atoms with van der Waals surface area (Å²) in [5.41, 5.74) is 3.70. The molecule has 0 aliphatic heterocycles. The summed E-state index contributed by atoms with van der Waals surface area (Å²) in [7, 11) is 1.54. The first-order chi connectivity index (χ1) is 18.9. The summed E-state index contributed by atoms with van der Waals surface area (Å²) in [6.45, 7) is 4.04. The third-order valence-corrected chi connectivity index (χ3v) is 5.83. The van der Waals surface area contributed by atoms with E-state index in [1.54, 1.807) is 47.3 Å². The van der Waals surface area contributed by atoms with Crippen LogP contribution in [-0.2, 0) is 0 Å². The molecular formula is C28H26N8O3. The predicted molar refractivity (Wildman–Crippen MR) is 148 cm³/mol. The summed E-state index contributed by atoms with van der Waals surface area (Å²) in [6, 6.07) is 15.5. The fourth-order valence-corrected chi connectivity index (χ4v) is 3.85. The molecule has 0 aliphatic carbocycles. The molecule has 3 aromatic heterocycles. The maximum Gasteiger partial charge on any atom is 0.323 e. The summed E-state index contributed by atoms with van der Waals surface area (Å²) in [5, 5.41) is 13.9. The van der Waals surface area contributed by atoms with Gasteiger partial charge in [0.2, 0.25) is 0 Å². The number of benzene rings is 2. The number of carbonyl (C=O) groups is 2. The Balaban J connectivity index is 1.29. The fraction of sp³-hybridized carbons (Fsp3) is 0.143. The van der Waals surface area contributed by atoms with Crippen molar-refractivity contribution in [2.24, 2.45) is 0 Å². The highest BCUT2D eigenvalue weighted by Gasteiger charge is 2.16. The van der Waals surface area contributed by atoms with E-state index < -0.39 is 6.03 Å². The Hall–Kier alpha value is -5.32. The van der Waals surface area contributed by atoms with Gasteiger partial charge in [0.25, 0.3) is 5.91 Å². The van der Waals surface area contributed by atoms with Crippen molar-refractivity contribution in [3.8, 4) is 22.8 Å². The summed E-state index contributed by atoms with van der Waals surface area (Å²) in [4.78, 5) is 37.1. The summed E-state index contributed by atoms with van der Waals surface area (Å²) in [5.74, 6) is 0.704. The Morgan fingerprint density at radius 2 is 1.77 bits per heavy atom. The van der Waals surface area contributed by atoms with Gasteiger partial charge in [0.05, 0.1) is 11.2 Å². The standard InChI is InChI=1S/C28H26N8O3/c1-17(2)36-15-25(26(35-36)18-4-9-23-19(12-18)14-30-16-32-23)34-28(38)33-20-5-7-21(8-6-20)39-22-10-11-31-24(13-22)27(37)29-3/h4-17H,1-3H3,(H,29,37)(H2,33,34,38). The molecule has 3 N–H and O–H groups in total. The molecule has 196 valence electrons. The minimum atomic E-state index is -0.415. The maximum atomic E-state index is 12.9. The van der Waals surface area contributed by atoms with E-state index in [1.165, 1.54) is 19.6 Å². The molecular weight excluding hydrogens is 496 g/mol. The van der Waals surface area contributed by atoms with E-state index in [0.29, 0.717) is 28.6 Å². The fourth-order valence-electron chi connectivity index (χ4n) is 3.85. The number of aromatic nitrogens is 5. The van der Waals surface area contributed by atoms with E-state index in [2.05, 4.69) is 30.9 Å². The van der Waals surface area contributed by atoms with E-state index in [9.17, 15) is 9.59 Å². The Kier molecular flexibility index (Phi) is 7.13. The van der Waals surface area contributed by atoms with Gasteiger partial charge in [0, 0.05) is 54.4 Å². The van der Waals surface area contributed by atoms with Gasteiger partial charge in [-0.05, 0) is 56.3 Å². The van der Waals surface area contributed by atoms with Gasteiger partial charge in [-0.15, -0.1) is 0 Å². The molecule has 0 fully saturated rings. The zero-order valence-corrected chi connectivity index (χ0v) is 21.5. The van der Waals surface area contributed by atoms with Crippen LogP contribution in [0.15, 0.2) is 79.5 Å². The second-order valence-electron chi connectivity index (χ2n) is 8.92. The molecule has 0 saturated carbocycles. The number of hydrogen-bond donors (Lipinski definition) is 3. The van der Waals surface area contributed by atoms with Gasteiger partial charge in [-0.3, -0.25) is 14.5 Å². The Morgan fingerprint density at radius 1 is 0.949 bits per heavy atom. The van der Waals surface area contributed by atoms with Gasteiger partial charge in [0.15, 0.2) is 0 Å². The quantitative estimate of drug-likeness (QED) is 0.265. The van der Waals surface area contributed by atoms with Crippen LogP contribution in [0.4, 0.5) is 16.2 Å². The van der Waals surface area contributed by atoms with Crippen LogP contribution in [0.25, 0.3) is 22.2 Å². The lowest BCUT2D eigenvalue weighted by Gasteiger charge is -2.10. The third-order valence-electron chi connectivity index (χ3n) is 5.83. The number of nitrogens with one attached hydrogen (secondary N) is 3. The summed E-state index contributed by atoms with van der Waals surface area (Å²) in [6.07, 6.45) is 6.56. The molecule has 11 nitrogen and oxygen atoms in total. The van der Waals surface area contributed by atoms with Crippen LogP contribution < -0.4 is 20.7 Å². The van der Waals surface area contributed by atoms with Crippen LogP contribution in [0.3, 0.4) is 0 Å². The molecule has 0 bridgehead atoms. The number of hydrogen-bond acceptors (Lipinski definition) is 7. The molecule has 0 unspecified atom stereocenters. The molecule has 0 atom stereocenters. The number of urea groups is 1. The molecule has 0 spiro atoms. The second-order valence-corrected chi connectivity index (χ2v) is 8.92. The first kappa shape index (κ1) is 25.3. The Bertz CT molecular complexity index is 1650. The lowest BCUT2D eigenvalue weighted by molar-refractivity contribution is 0.0958. The van der Waals surface area contributed by atoms with Gasteiger partial charge >= 0.3 is 6.03 Å². The summed E-state index contributed by atoms with van der Waals surface area (Å²) < 4.78 is 7.62. The minimum absolute atomic E-state index is 0.103. The number of carbonyl (C=O) groups excluding carboxylic acids is 2. The van der Waals surface area contributed by atoms with Crippen molar-refractivity contribution in [2.75, 3.05) is 17.7 Å². The van der Waals surface area contributed by atoms with Crippen LogP contribution in [0.2, 0.25) is 0 Å². The molecule has 2 aromatic carbocycles. The molecule has 5 rings (SSSR count). The highest BCUT2D eigenvalue weighted by atomic mass is 16.5. The monoisotopic (exact) mass is 522 g/mol. The van der Waals surface area contributed by atoms with Crippen molar-refractivity contribution in [3.63, 3.8) is 0 Å². The lowest BCUT2D eigenvalue weighted by Crippen LogP contribution is -2.19. The highest BCUT2D eigenvalue weighted by Crippen LogP contribution is 2.30. The lowest BCUT2D eigenvalue weighted by atomic mass is 10.1. The van der Waals surface area contributed by atoms with Crippen molar-refractivity contribution >= 4 is 34.2 Å². The van der Waals surface area contributed by atoms with Crippen molar-refractivity contribution in [2.45, 2.75) is 19.9 Å². The highest BCUT2D eigenvalue weighted by molar-refractivity contribution is 6.02. The molecule has 0 saturated heterocycles. The van der Waals surface area contributed by atoms with E-state index in [4.69, 9.17) is 9.84 Å². The van der Waals surface area contributed by atoms with Crippen molar-refractivity contribution in [1.82, 2.24) is 30.0 Å². The van der Waals surface area contributed by atoms with Crippen LogP contribution in [0.1, 0.15) is 30.4 Å². The zero-order valence-electron chi connectivity index (χ0n) is 21.5. The van der Waals surface area contributed by atoms with E-state index in [-0.39, 0.29) is 17.6 Å². The van der Waals surface area contributed by atoms with Crippen LogP contribution in [0, 0.1) is 0 Å². The first-order valence-electron chi connectivity index (χ1n) is 12.2. The Morgan fingerprint density at radius 3 is 2.54 bits per heavy atom. The average molecular weight is 523 g/mol. The number of rotatable bonds is 7. The number of pyridine rings is 1. The number of anilines is 2. The predicted octanol–water partition coefficient (Wildman–Crippen LogP) is 5.27. The molecule has 39 heavy (non-hydrogen) atoms. The second kappa shape index (κ2) is 11.0. The van der Waals surface area contributed by atoms with Gasteiger partial charge < -0.3 is 20.7 Å². The molecule has 0 aliphatic rings. The molecule has 3 amide bonds. The van der Waals surface area contributed by atoms with Crippen molar-refractivity contribution < 1.29 is 14.3 Å². The van der Waals surface area contributed by atoms with Crippen LogP contribution in [0.5, 0.6) is 11.5 Å². The summed E-state index contributed by atoms with van der Waals surface area (Å²) >= 11 is 0. The SMILES string of the molecule is CNC(=O)c1cc(Oc2ccc(NC(=O)Nc3cn(C(C)C)nc3-c3ccc4ncncc4c3)cc2)ccn1.